The third kappa shape index (κ3) is 9.49. The molecular formula is C110H65N9. The molecule has 7 heterocycles. The molecule has 0 atom stereocenters. The van der Waals surface area contributed by atoms with Crippen molar-refractivity contribution >= 4 is 158 Å². The zero-order valence-corrected chi connectivity index (χ0v) is 64.1. The first kappa shape index (κ1) is 66.0. The largest absolute Gasteiger partial charge is 0.309 e. The summed E-state index contributed by atoms with van der Waals surface area (Å²) in [5.74, 6) is 0. The van der Waals surface area contributed by atoms with Crippen LogP contribution < -0.4 is 0 Å². The van der Waals surface area contributed by atoms with E-state index in [4.69, 9.17) is 6.57 Å². The third-order valence-electron chi connectivity index (χ3n) is 25.1. The van der Waals surface area contributed by atoms with E-state index in [-0.39, 0.29) is 0 Å². The van der Waals surface area contributed by atoms with Crippen molar-refractivity contribution in [3.63, 3.8) is 0 Å². The van der Waals surface area contributed by atoms with E-state index in [9.17, 15) is 5.26 Å². The van der Waals surface area contributed by atoms with Crippen LogP contribution in [0.25, 0.3) is 231 Å². The Balaban J connectivity index is 0.934. The average Bonchev–Trinajstić information content (AvgIpc) is 1.56. The fourth-order valence-electron chi connectivity index (χ4n) is 20.2. The summed E-state index contributed by atoms with van der Waals surface area (Å²) in [5.41, 5.74) is 27.4. The van der Waals surface area contributed by atoms with Gasteiger partial charge in [-0.05, 0) is 179 Å². The summed E-state index contributed by atoms with van der Waals surface area (Å²) in [4.78, 5) is 4.29. The number of hydrogen-bond donors (Lipinski definition) is 0. The Hall–Kier alpha value is -16.5. The molecule has 550 valence electrons. The van der Waals surface area contributed by atoms with Crippen molar-refractivity contribution in [2.75, 3.05) is 0 Å². The maximum Gasteiger partial charge on any atom is 0.189 e. The van der Waals surface area contributed by atoms with Gasteiger partial charge in [0.1, 0.15) is 0 Å². The number of hydrogen-bond acceptors (Lipinski definition) is 1. The molecule has 0 spiro atoms. The zero-order valence-electron chi connectivity index (χ0n) is 64.1. The lowest BCUT2D eigenvalue weighted by Gasteiger charge is -2.32. The van der Waals surface area contributed by atoms with Crippen molar-refractivity contribution in [2.45, 2.75) is 0 Å². The highest BCUT2D eigenvalue weighted by atomic mass is 15.2. The topological polar surface area (TPSA) is 62.7 Å². The van der Waals surface area contributed by atoms with Crippen molar-refractivity contribution in [1.29, 1.82) is 5.26 Å². The number of nitrogens with zero attached hydrogens (tertiary/aromatic N) is 9. The van der Waals surface area contributed by atoms with Crippen LogP contribution in [0, 0.1) is 17.9 Å². The molecule has 25 rings (SSSR count). The Morgan fingerprint density at radius 3 is 0.689 bits per heavy atom. The van der Waals surface area contributed by atoms with Crippen molar-refractivity contribution in [3.8, 4) is 79.3 Å². The molecule has 0 unspecified atom stereocenters. The smallest absolute Gasteiger partial charge is 0.189 e. The monoisotopic (exact) mass is 1510 g/mol. The van der Waals surface area contributed by atoms with E-state index in [1.807, 2.05) is 12.1 Å². The molecule has 0 amide bonds. The summed E-state index contributed by atoms with van der Waals surface area (Å²) in [5, 5.41) is 27.1. The van der Waals surface area contributed by atoms with E-state index in [0.29, 0.717) is 16.8 Å². The number of benzene rings is 18. The molecule has 0 radical (unpaired) electrons. The van der Waals surface area contributed by atoms with Crippen LogP contribution in [0.2, 0.25) is 0 Å². The van der Waals surface area contributed by atoms with Gasteiger partial charge in [0, 0.05) is 97.9 Å². The Bertz CT molecular complexity index is 8060. The SMILES string of the molecule is [C-]#[N+]c1cc(C#N)cc(-c2c(-n3c4ccccc4c4ccccc43)c(-n3c4ccccc4c4ccccc43)c(-n3c4ccc(-c5ccc6c(c5)c5ccccc5n6-c5ccccc5)cc4c4cc(-c5ccc6c(c5)c5ccccc5n6-c5ccccc5)ccc43)c(-n3c4ccccc4c4ccccc43)c2-n2c3ccccc3c3ccccc32)c1. The van der Waals surface area contributed by atoms with E-state index in [0.717, 1.165) is 199 Å². The minimum atomic E-state index is 0.345. The van der Waals surface area contributed by atoms with Crippen LogP contribution in [0.4, 0.5) is 5.69 Å². The number of nitriles is 1. The Morgan fingerprint density at radius 1 is 0.193 bits per heavy atom. The normalized spacial score (nSPS) is 12.0. The van der Waals surface area contributed by atoms with Crippen LogP contribution in [0.15, 0.2) is 394 Å². The number of para-hydroxylation sites is 12. The van der Waals surface area contributed by atoms with Gasteiger partial charge in [-0.25, -0.2) is 4.85 Å². The first-order valence-electron chi connectivity index (χ1n) is 40.4. The highest BCUT2D eigenvalue weighted by molar-refractivity contribution is 6.21. The van der Waals surface area contributed by atoms with E-state index in [1.165, 1.54) is 21.5 Å². The zero-order chi connectivity index (χ0) is 78.2. The summed E-state index contributed by atoms with van der Waals surface area (Å²) >= 11 is 0. The standard InChI is InChI=1S/C110H65N9/c1-112-74-61-68(67-111)60-73(62-74)105-106(115-93-44-20-8-32-77(93)78-33-9-21-45-94(78)115)108(117-97-48-24-12-36-81(97)82-37-13-25-49-98(82)117)110(109(118-99-50-26-14-38-83(99)84-39-15-27-51-100(84)118)107(105)116-95-46-22-10-34-79(95)80-35-11-23-47-96(80)116)119-103-58-54-71(69-52-56-101-87(63-69)85-40-16-18-42-91(85)113(101)75-28-4-2-5-29-75)65-89(103)90-66-72(55-59-104(90)119)70-53-57-102-88(64-70)86-41-17-19-43-92(86)114(102)76-30-6-3-7-31-76/h2-66H. The van der Waals surface area contributed by atoms with Gasteiger partial charge in [-0.2, -0.15) is 5.26 Å². The Morgan fingerprint density at radius 2 is 0.412 bits per heavy atom. The summed E-state index contributed by atoms with van der Waals surface area (Å²) in [6, 6.07) is 147. The Labute approximate surface area is 681 Å². The predicted octanol–water partition coefficient (Wildman–Crippen LogP) is 28.8. The van der Waals surface area contributed by atoms with Crippen molar-refractivity contribution in [1.82, 2.24) is 32.0 Å². The molecule has 0 N–H and O–H groups in total. The van der Waals surface area contributed by atoms with Crippen molar-refractivity contribution in [3.05, 3.63) is 411 Å². The fraction of sp³-hybridized carbons (Fsp3) is 0. The molecule has 0 aliphatic carbocycles. The predicted molar refractivity (Wildman–Crippen MR) is 494 cm³/mol. The maximum absolute atomic E-state index is 11.6. The lowest BCUT2D eigenvalue weighted by Crippen LogP contribution is -2.18. The molecule has 9 nitrogen and oxygen atoms in total. The summed E-state index contributed by atoms with van der Waals surface area (Å²) < 4.78 is 17.6. The molecule has 9 heteroatoms. The first-order chi connectivity index (χ1) is 59.0. The van der Waals surface area contributed by atoms with E-state index in [1.54, 1.807) is 6.07 Å². The minimum absolute atomic E-state index is 0.345. The molecule has 0 saturated carbocycles. The second-order valence-electron chi connectivity index (χ2n) is 31.2. The third-order valence-corrected chi connectivity index (χ3v) is 25.1. The van der Waals surface area contributed by atoms with Gasteiger partial charge in [-0.15, -0.1) is 0 Å². The van der Waals surface area contributed by atoms with Gasteiger partial charge < -0.3 is 32.0 Å². The fourth-order valence-corrected chi connectivity index (χ4v) is 20.2. The lowest BCUT2D eigenvalue weighted by atomic mass is 9.93. The number of fused-ring (bicyclic) bond motifs is 21. The van der Waals surface area contributed by atoms with Gasteiger partial charge in [0.15, 0.2) is 5.69 Å². The number of rotatable bonds is 10. The lowest BCUT2D eigenvalue weighted by molar-refractivity contribution is 1.00. The van der Waals surface area contributed by atoms with Crippen LogP contribution in [-0.4, -0.2) is 32.0 Å². The molecular weight excluding hydrogens is 1450 g/mol. The van der Waals surface area contributed by atoms with E-state index >= 15 is 0 Å². The van der Waals surface area contributed by atoms with Crippen molar-refractivity contribution < 1.29 is 0 Å². The molecule has 7 aromatic heterocycles. The highest BCUT2D eigenvalue weighted by Gasteiger charge is 2.38. The van der Waals surface area contributed by atoms with Gasteiger partial charge >= 0.3 is 0 Å². The second-order valence-corrected chi connectivity index (χ2v) is 31.2. The van der Waals surface area contributed by atoms with Crippen LogP contribution in [-0.2, 0) is 0 Å². The summed E-state index contributed by atoms with van der Waals surface area (Å²) in [7, 11) is 0. The quantitative estimate of drug-likeness (QED) is 0.126. The second kappa shape index (κ2) is 25.5. The molecule has 0 saturated heterocycles. The van der Waals surface area contributed by atoms with Crippen LogP contribution in [0.5, 0.6) is 0 Å². The number of aromatic nitrogens is 7. The van der Waals surface area contributed by atoms with Crippen LogP contribution in [0.1, 0.15) is 5.56 Å². The van der Waals surface area contributed by atoms with Gasteiger partial charge in [0.2, 0.25) is 0 Å². The van der Waals surface area contributed by atoms with Gasteiger partial charge in [-0.1, -0.05) is 243 Å². The highest BCUT2D eigenvalue weighted by Crippen LogP contribution is 2.56. The van der Waals surface area contributed by atoms with E-state index in [2.05, 4.69) is 419 Å². The Kier molecular flexibility index (Phi) is 14.2. The van der Waals surface area contributed by atoms with Gasteiger partial charge in [0.05, 0.1) is 118 Å². The maximum atomic E-state index is 11.6. The summed E-state index contributed by atoms with van der Waals surface area (Å²) in [6.45, 7) is 9.08. The molecule has 0 aliphatic heterocycles. The van der Waals surface area contributed by atoms with Crippen LogP contribution >= 0.6 is 0 Å². The first-order valence-corrected chi connectivity index (χ1v) is 40.4. The van der Waals surface area contributed by atoms with E-state index < -0.39 is 0 Å². The van der Waals surface area contributed by atoms with Crippen LogP contribution in [0.3, 0.4) is 0 Å². The molecule has 0 aliphatic rings. The average molecular weight is 1510 g/mol. The molecule has 0 fully saturated rings. The molecule has 25 aromatic rings. The van der Waals surface area contributed by atoms with Gasteiger partial charge in [-0.3, -0.25) is 0 Å². The summed E-state index contributed by atoms with van der Waals surface area (Å²) in [6.07, 6.45) is 0. The minimum Gasteiger partial charge on any atom is -0.309 e. The molecule has 119 heavy (non-hydrogen) atoms. The molecule has 18 aromatic carbocycles. The van der Waals surface area contributed by atoms with Gasteiger partial charge in [0.25, 0.3) is 0 Å². The molecule has 0 bridgehead atoms. The van der Waals surface area contributed by atoms with Crippen molar-refractivity contribution in [2.24, 2.45) is 0 Å².